The molecule has 0 saturated carbocycles. The van der Waals surface area contributed by atoms with Gasteiger partial charge in [0.1, 0.15) is 0 Å². The zero-order chi connectivity index (χ0) is 11.4. The summed E-state index contributed by atoms with van der Waals surface area (Å²) in [4.78, 5) is 11.2. The van der Waals surface area contributed by atoms with E-state index in [2.05, 4.69) is 6.58 Å². The fourth-order valence-corrected chi connectivity index (χ4v) is 1.57. The van der Waals surface area contributed by atoms with Gasteiger partial charge in [-0.05, 0) is 36.6 Å². The van der Waals surface area contributed by atoms with Crippen molar-refractivity contribution >= 4 is 18.1 Å². The predicted octanol–water partition coefficient (Wildman–Crippen LogP) is 2.77. The second kappa shape index (κ2) is 4.60. The van der Waals surface area contributed by atoms with E-state index in [9.17, 15) is 4.79 Å². The largest absolute Gasteiger partial charge is 0.366 e. The van der Waals surface area contributed by atoms with Crippen LogP contribution in [-0.2, 0) is 0 Å². The fourth-order valence-electron chi connectivity index (χ4n) is 1.57. The predicted molar refractivity (Wildman–Crippen MR) is 64.5 cm³/mol. The van der Waals surface area contributed by atoms with Crippen LogP contribution in [-0.4, -0.2) is 5.91 Å². The van der Waals surface area contributed by atoms with Crippen molar-refractivity contribution in [1.82, 2.24) is 0 Å². The SMILES string of the molecule is C=Cc1c(C(N)=O)ccc(C)c1/C=C\C. The summed E-state index contributed by atoms with van der Waals surface area (Å²) in [7, 11) is 0. The molecule has 78 valence electrons. The van der Waals surface area contributed by atoms with Crippen LogP contribution < -0.4 is 5.73 Å². The van der Waals surface area contributed by atoms with Gasteiger partial charge in [-0.25, -0.2) is 0 Å². The second-order valence-electron chi connectivity index (χ2n) is 3.33. The maximum Gasteiger partial charge on any atom is 0.249 e. The van der Waals surface area contributed by atoms with E-state index in [1.807, 2.05) is 32.1 Å². The van der Waals surface area contributed by atoms with Crippen molar-refractivity contribution in [2.45, 2.75) is 13.8 Å². The van der Waals surface area contributed by atoms with Gasteiger partial charge >= 0.3 is 0 Å². The molecule has 0 aliphatic rings. The Bertz CT molecular complexity index is 430. The van der Waals surface area contributed by atoms with Crippen LogP contribution in [0.1, 0.15) is 34.0 Å². The first-order chi connectivity index (χ1) is 7.11. The molecule has 0 saturated heterocycles. The highest BCUT2D eigenvalue weighted by molar-refractivity contribution is 5.98. The van der Waals surface area contributed by atoms with Gasteiger partial charge in [0.05, 0.1) is 0 Å². The highest BCUT2D eigenvalue weighted by Gasteiger charge is 2.10. The molecule has 2 nitrogen and oxygen atoms in total. The molecule has 2 heteroatoms. The van der Waals surface area contributed by atoms with Crippen molar-refractivity contribution in [2.75, 3.05) is 0 Å². The summed E-state index contributed by atoms with van der Waals surface area (Å²) in [5, 5.41) is 0. The van der Waals surface area contributed by atoms with E-state index in [4.69, 9.17) is 5.73 Å². The lowest BCUT2D eigenvalue weighted by molar-refractivity contribution is 0.1000. The molecule has 0 atom stereocenters. The van der Waals surface area contributed by atoms with E-state index < -0.39 is 5.91 Å². The number of primary amides is 1. The van der Waals surface area contributed by atoms with E-state index in [-0.39, 0.29) is 0 Å². The van der Waals surface area contributed by atoms with Crippen molar-refractivity contribution in [3.8, 4) is 0 Å². The average Bonchev–Trinajstić information content (AvgIpc) is 2.20. The number of hydrogen-bond acceptors (Lipinski definition) is 1. The van der Waals surface area contributed by atoms with Gasteiger partial charge in [0.2, 0.25) is 5.91 Å². The second-order valence-corrected chi connectivity index (χ2v) is 3.33. The van der Waals surface area contributed by atoms with Crippen molar-refractivity contribution in [3.63, 3.8) is 0 Å². The van der Waals surface area contributed by atoms with Crippen LogP contribution in [0.25, 0.3) is 12.2 Å². The minimum absolute atomic E-state index is 0.421. The van der Waals surface area contributed by atoms with E-state index in [1.54, 1.807) is 12.1 Å². The van der Waals surface area contributed by atoms with Gasteiger partial charge in [-0.1, -0.05) is 30.9 Å². The highest BCUT2D eigenvalue weighted by Crippen LogP contribution is 2.21. The molecule has 15 heavy (non-hydrogen) atoms. The first-order valence-electron chi connectivity index (χ1n) is 4.80. The Morgan fingerprint density at radius 2 is 2.07 bits per heavy atom. The molecule has 1 aromatic carbocycles. The number of benzene rings is 1. The third-order valence-corrected chi connectivity index (χ3v) is 2.31. The first-order valence-corrected chi connectivity index (χ1v) is 4.80. The normalized spacial score (nSPS) is 10.5. The lowest BCUT2D eigenvalue weighted by Crippen LogP contribution is -2.13. The number of hydrogen-bond donors (Lipinski definition) is 1. The Kier molecular flexibility index (Phi) is 3.45. The number of rotatable bonds is 3. The third-order valence-electron chi connectivity index (χ3n) is 2.31. The van der Waals surface area contributed by atoms with Crippen LogP contribution >= 0.6 is 0 Å². The molecular weight excluding hydrogens is 186 g/mol. The van der Waals surface area contributed by atoms with Gasteiger partial charge < -0.3 is 5.73 Å². The molecule has 0 unspecified atom stereocenters. The number of carbonyl (C=O) groups is 1. The number of carbonyl (C=O) groups excluding carboxylic acids is 1. The summed E-state index contributed by atoms with van der Waals surface area (Å²) in [5.41, 5.74) is 8.73. The molecule has 1 amide bonds. The molecule has 0 aliphatic heterocycles. The summed E-state index contributed by atoms with van der Waals surface area (Å²) in [6.45, 7) is 7.64. The molecule has 1 rings (SSSR count). The summed E-state index contributed by atoms with van der Waals surface area (Å²) < 4.78 is 0. The Morgan fingerprint density at radius 1 is 1.40 bits per heavy atom. The summed E-state index contributed by atoms with van der Waals surface area (Å²) in [6, 6.07) is 3.63. The maximum atomic E-state index is 11.2. The summed E-state index contributed by atoms with van der Waals surface area (Å²) in [5.74, 6) is -0.421. The van der Waals surface area contributed by atoms with Crippen molar-refractivity contribution in [2.24, 2.45) is 5.73 Å². The van der Waals surface area contributed by atoms with Gasteiger partial charge in [-0.15, -0.1) is 0 Å². The zero-order valence-electron chi connectivity index (χ0n) is 9.08. The molecule has 0 heterocycles. The standard InChI is InChI=1S/C13H15NO/c1-4-6-11-9(3)7-8-12(13(14)15)10(11)5-2/h4-8H,2H2,1,3H3,(H2,14,15)/b6-4-. The van der Waals surface area contributed by atoms with E-state index >= 15 is 0 Å². The van der Waals surface area contributed by atoms with Gasteiger partial charge in [0.15, 0.2) is 0 Å². The van der Waals surface area contributed by atoms with Gasteiger partial charge in [0.25, 0.3) is 0 Å². The zero-order valence-corrected chi connectivity index (χ0v) is 9.08. The Balaban J connectivity index is 3.53. The van der Waals surface area contributed by atoms with Crippen molar-refractivity contribution in [3.05, 3.63) is 47.0 Å². The Labute approximate surface area is 90.1 Å². The number of aryl methyl sites for hydroxylation is 1. The Morgan fingerprint density at radius 3 is 2.53 bits per heavy atom. The molecule has 0 radical (unpaired) electrons. The lowest BCUT2D eigenvalue weighted by Gasteiger charge is -2.09. The molecule has 0 bridgehead atoms. The molecule has 1 aromatic rings. The van der Waals surface area contributed by atoms with Crippen molar-refractivity contribution < 1.29 is 4.79 Å². The van der Waals surface area contributed by atoms with Gasteiger partial charge in [-0.3, -0.25) is 4.79 Å². The smallest absolute Gasteiger partial charge is 0.249 e. The topological polar surface area (TPSA) is 43.1 Å². The molecule has 2 N–H and O–H groups in total. The van der Waals surface area contributed by atoms with Crippen LogP contribution in [0.4, 0.5) is 0 Å². The molecule has 0 spiro atoms. The van der Waals surface area contributed by atoms with E-state index in [1.165, 1.54) is 0 Å². The minimum atomic E-state index is -0.421. The van der Waals surface area contributed by atoms with Crippen LogP contribution in [0.15, 0.2) is 24.8 Å². The summed E-state index contributed by atoms with van der Waals surface area (Å²) in [6.07, 6.45) is 5.56. The quantitative estimate of drug-likeness (QED) is 0.802. The molecule has 0 aliphatic carbocycles. The Hall–Kier alpha value is -1.83. The molecule has 0 aromatic heterocycles. The maximum absolute atomic E-state index is 11.2. The number of nitrogens with two attached hydrogens (primary N) is 1. The number of amides is 1. The monoisotopic (exact) mass is 201 g/mol. The van der Waals surface area contributed by atoms with E-state index in [0.717, 1.165) is 16.7 Å². The third kappa shape index (κ3) is 2.15. The summed E-state index contributed by atoms with van der Waals surface area (Å²) >= 11 is 0. The first kappa shape index (κ1) is 11.2. The van der Waals surface area contributed by atoms with Crippen LogP contribution in [0.2, 0.25) is 0 Å². The number of allylic oxidation sites excluding steroid dienone is 1. The highest BCUT2D eigenvalue weighted by atomic mass is 16.1. The van der Waals surface area contributed by atoms with Crippen LogP contribution in [0, 0.1) is 6.92 Å². The van der Waals surface area contributed by atoms with Crippen LogP contribution in [0.3, 0.4) is 0 Å². The van der Waals surface area contributed by atoms with E-state index in [0.29, 0.717) is 5.56 Å². The molecular formula is C13H15NO. The van der Waals surface area contributed by atoms with Crippen molar-refractivity contribution in [1.29, 1.82) is 0 Å². The van der Waals surface area contributed by atoms with Crippen LogP contribution in [0.5, 0.6) is 0 Å². The minimum Gasteiger partial charge on any atom is -0.366 e. The fraction of sp³-hybridized carbons (Fsp3) is 0.154. The van der Waals surface area contributed by atoms with Gasteiger partial charge in [0, 0.05) is 5.56 Å². The molecule has 0 fully saturated rings. The lowest BCUT2D eigenvalue weighted by atomic mass is 9.96. The average molecular weight is 201 g/mol. The van der Waals surface area contributed by atoms with Gasteiger partial charge in [-0.2, -0.15) is 0 Å².